The zero-order valence-corrected chi connectivity index (χ0v) is 13.1. The summed E-state index contributed by atoms with van der Waals surface area (Å²) < 4.78 is 10.1. The van der Waals surface area contributed by atoms with Crippen LogP contribution in [0, 0.1) is 11.8 Å². The number of carbonyl (C=O) groups excluding carboxylic acids is 2. The van der Waals surface area contributed by atoms with Gasteiger partial charge < -0.3 is 9.47 Å². The minimum atomic E-state index is -0.795. The number of carbonyl (C=O) groups is 2. The molecule has 1 atom stereocenters. The third kappa shape index (κ3) is 4.86. The van der Waals surface area contributed by atoms with Crippen molar-refractivity contribution in [3.05, 3.63) is 35.9 Å². The predicted molar refractivity (Wildman–Crippen MR) is 82.9 cm³/mol. The Morgan fingerprint density at radius 2 is 1.77 bits per heavy atom. The lowest BCUT2D eigenvalue weighted by Crippen LogP contribution is -2.30. The molecule has 1 fully saturated rings. The van der Waals surface area contributed by atoms with Gasteiger partial charge in [-0.2, -0.15) is 0 Å². The van der Waals surface area contributed by atoms with Crippen LogP contribution >= 0.6 is 0 Å². The van der Waals surface area contributed by atoms with Crippen molar-refractivity contribution in [2.75, 3.05) is 7.11 Å². The highest BCUT2D eigenvalue weighted by atomic mass is 16.5. The maximum atomic E-state index is 12.3. The van der Waals surface area contributed by atoms with Crippen LogP contribution in [0.25, 0.3) is 0 Å². The van der Waals surface area contributed by atoms with Gasteiger partial charge in [-0.1, -0.05) is 62.4 Å². The average Bonchev–Trinajstić information content (AvgIpc) is 2.58. The molecule has 0 aliphatic heterocycles. The number of methoxy groups -OCH3 is 1. The standard InChI is InChI=1S/C18H24O4/c1-21-17(19)16(12-14-8-4-2-5-9-14)18(20)22-13-15-10-6-3-7-11-15/h3,6-7,10-11,14,16H,2,4-5,8-9,12-13H2,1H3/t16-/m1/s1. The maximum absolute atomic E-state index is 12.3. The third-order valence-electron chi connectivity index (χ3n) is 4.29. The fourth-order valence-electron chi connectivity index (χ4n) is 3.02. The van der Waals surface area contributed by atoms with E-state index in [2.05, 4.69) is 0 Å². The van der Waals surface area contributed by atoms with Crippen molar-refractivity contribution in [3.8, 4) is 0 Å². The van der Waals surface area contributed by atoms with Gasteiger partial charge in [-0.15, -0.1) is 0 Å². The second-order valence-electron chi connectivity index (χ2n) is 5.91. The van der Waals surface area contributed by atoms with Crippen LogP contribution in [0.1, 0.15) is 44.1 Å². The van der Waals surface area contributed by atoms with Crippen molar-refractivity contribution < 1.29 is 19.1 Å². The van der Waals surface area contributed by atoms with E-state index in [4.69, 9.17) is 9.47 Å². The number of benzene rings is 1. The first-order valence-corrected chi connectivity index (χ1v) is 7.99. The van der Waals surface area contributed by atoms with Gasteiger partial charge in [-0.25, -0.2) is 0 Å². The fourth-order valence-corrected chi connectivity index (χ4v) is 3.02. The predicted octanol–water partition coefficient (Wildman–Crippen LogP) is 3.49. The molecule has 120 valence electrons. The molecule has 1 aromatic rings. The molecule has 0 bridgehead atoms. The molecule has 1 aromatic carbocycles. The molecule has 4 heteroatoms. The van der Waals surface area contributed by atoms with E-state index >= 15 is 0 Å². The Balaban J connectivity index is 1.92. The Labute approximate surface area is 131 Å². The lowest BCUT2D eigenvalue weighted by atomic mass is 9.83. The zero-order valence-electron chi connectivity index (χ0n) is 13.1. The number of hydrogen-bond acceptors (Lipinski definition) is 4. The van der Waals surface area contributed by atoms with Crippen molar-refractivity contribution in [2.24, 2.45) is 11.8 Å². The topological polar surface area (TPSA) is 52.6 Å². The highest BCUT2D eigenvalue weighted by Gasteiger charge is 2.32. The van der Waals surface area contributed by atoms with Crippen LogP contribution < -0.4 is 0 Å². The first kappa shape index (κ1) is 16.5. The molecular weight excluding hydrogens is 280 g/mol. The van der Waals surface area contributed by atoms with E-state index < -0.39 is 17.9 Å². The Kier molecular flexibility index (Phi) is 6.44. The summed E-state index contributed by atoms with van der Waals surface area (Å²) in [5.41, 5.74) is 0.914. The van der Waals surface area contributed by atoms with Gasteiger partial charge in [0, 0.05) is 0 Å². The van der Waals surface area contributed by atoms with E-state index in [0.717, 1.165) is 18.4 Å². The van der Waals surface area contributed by atoms with Crippen LogP contribution in [0.15, 0.2) is 30.3 Å². The fraction of sp³-hybridized carbons (Fsp3) is 0.556. The molecule has 1 saturated carbocycles. The summed E-state index contributed by atoms with van der Waals surface area (Å²) in [6, 6.07) is 9.47. The lowest BCUT2D eigenvalue weighted by Gasteiger charge is -2.24. The summed E-state index contributed by atoms with van der Waals surface area (Å²) in [5.74, 6) is -1.33. The van der Waals surface area contributed by atoms with Crippen LogP contribution in [0.5, 0.6) is 0 Å². The van der Waals surface area contributed by atoms with Gasteiger partial charge in [-0.05, 0) is 17.9 Å². The molecule has 0 radical (unpaired) electrons. The smallest absolute Gasteiger partial charge is 0.320 e. The Morgan fingerprint density at radius 3 is 2.41 bits per heavy atom. The van der Waals surface area contributed by atoms with E-state index in [1.807, 2.05) is 30.3 Å². The molecule has 0 saturated heterocycles. The zero-order chi connectivity index (χ0) is 15.8. The van der Waals surface area contributed by atoms with E-state index in [1.165, 1.54) is 26.4 Å². The monoisotopic (exact) mass is 304 g/mol. The molecule has 0 aromatic heterocycles. The summed E-state index contributed by atoms with van der Waals surface area (Å²) >= 11 is 0. The van der Waals surface area contributed by atoms with Gasteiger partial charge in [0.1, 0.15) is 6.61 Å². The number of hydrogen-bond donors (Lipinski definition) is 0. The number of ether oxygens (including phenoxy) is 2. The maximum Gasteiger partial charge on any atom is 0.320 e. The van der Waals surface area contributed by atoms with Gasteiger partial charge in [0.2, 0.25) is 0 Å². The van der Waals surface area contributed by atoms with Gasteiger partial charge in [0.15, 0.2) is 5.92 Å². The first-order valence-electron chi connectivity index (χ1n) is 7.99. The van der Waals surface area contributed by atoms with Crippen LogP contribution in [0.3, 0.4) is 0 Å². The number of esters is 2. The first-order chi connectivity index (χ1) is 10.7. The molecule has 0 spiro atoms. The van der Waals surface area contributed by atoms with E-state index in [1.54, 1.807) is 0 Å². The summed E-state index contributed by atoms with van der Waals surface area (Å²) in [4.78, 5) is 24.2. The van der Waals surface area contributed by atoms with Crippen LogP contribution in [-0.4, -0.2) is 19.0 Å². The molecule has 22 heavy (non-hydrogen) atoms. The van der Waals surface area contributed by atoms with Crippen molar-refractivity contribution in [3.63, 3.8) is 0 Å². The molecule has 0 unspecified atom stereocenters. The van der Waals surface area contributed by atoms with Crippen molar-refractivity contribution >= 4 is 11.9 Å². The second-order valence-corrected chi connectivity index (χ2v) is 5.91. The Hall–Kier alpha value is -1.84. The quantitative estimate of drug-likeness (QED) is 0.596. The minimum absolute atomic E-state index is 0.192. The van der Waals surface area contributed by atoms with Crippen molar-refractivity contribution in [2.45, 2.75) is 45.1 Å². The average molecular weight is 304 g/mol. The summed E-state index contributed by atoms with van der Waals surface area (Å²) in [5, 5.41) is 0. The van der Waals surface area contributed by atoms with Crippen LogP contribution in [-0.2, 0) is 25.7 Å². The molecular formula is C18H24O4. The van der Waals surface area contributed by atoms with Crippen molar-refractivity contribution in [1.82, 2.24) is 0 Å². The van der Waals surface area contributed by atoms with Gasteiger partial charge in [-0.3, -0.25) is 9.59 Å². The summed E-state index contributed by atoms with van der Waals surface area (Å²) in [7, 11) is 1.32. The van der Waals surface area contributed by atoms with E-state index in [-0.39, 0.29) is 6.61 Å². The molecule has 0 N–H and O–H groups in total. The Bertz CT molecular complexity index is 477. The highest BCUT2D eigenvalue weighted by Crippen LogP contribution is 2.30. The van der Waals surface area contributed by atoms with Gasteiger partial charge in [0.25, 0.3) is 0 Å². The second kappa shape index (κ2) is 8.57. The number of rotatable bonds is 6. The van der Waals surface area contributed by atoms with Crippen molar-refractivity contribution in [1.29, 1.82) is 0 Å². The van der Waals surface area contributed by atoms with E-state index in [0.29, 0.717) is 12.3 Å². The van der Waals surface area contributed by atoms with Crippen LogP contribution in [0.2, 0.25) is 0 Å². The summed E-state index contributed by atoms with van der Waals surface area (Å²) in [6.45, 7) is 0.192. The Morgan fingerprint density at radius 1 is 1.09 bits per heavy atom. The summed E-state index contributed by atoms with van der Waals surface area (Å²) in [6.07, 6.45) is 6.31. The molecule has 1 aliphatic rings. The van der Waals surface area contributed by atoms with E-state index in [9.17, 15) is 9.59 Å². The third-order valence-corrected chi connectivity index (χ3v) is 4.29. The lowest BCUT2D eigenvalue weighted by molar-refractivity contribution is -0.162. The SMILES string of the molecule is COC(=O)[C@@H](CC1CCCCC1)C(=O)OCc1ccccc1. The molecule has 0 heterocycles. The molecule has 0 amide bonds. The molecule has 4 nitrogen and oxygen atoms in total. The largest absolute Gasteiger partial charge is 0.468 e. The van der Waals surface area contributed by atoms with Gasteiger partial charge >= 0.3 is 11.9 Å². The molecule has 2 rings (SSSR count). The van der Waals surface area contributed by atoms with Gasteiger partial charge in [0.05, 0.1) is 7.11 Å². The molecule has 1 aliphatic carbocycles. The highest BCUT2D eigenvalue weighted by molar-refractivity contribution is 5.94. The van der Waals surface area contributed by atoms with Crippen LogP contribution in [0.4, 0.5) is 0 Å². The normalized spacial score (nSPS) is 16.8. The minimum Gasteiger partial charge on any atom is -0.468 e.